The van der Waals surface area contributed by atoms with Crippen LogP contribution < -0.4 is 19.7 Å². The van der Waals surface area contributed by atoms with Crippen molar-refractivity contribution >= 4 is 34.8 Å². The van der Waals surface area contributed by atoms with E-state index in [0.29, 0.717) is 34.4 Å². The average Bonchev–Trinajstić information content (AvgIpc) is 2.80. The molecule has 2 aliphatic rings. The molecular formula is C24H28ClN3O4. The van der Waals surface area contributed by atoms with Crippen LogP contribution in [0.4, 0.5) is 11.4 Å². The molecule has 1 N–H and O–H groups in total. The summed E-state index contributed by atoms with van der Waals surface area (Å²) in [5, 5.41) is 3.44. The van der Waals surface area contributed by atoms with Crippen molar-refractivity contribution in [1.29, 1.82) is 0 Å². The summed E-state index contributed by atoms with van der Waals surface area (Å²) >= 11 is 5.86. The minimum atomic E-state index is -0.530. The van der Waals surface area contributed by atoms with Gasteiger partial charge in [-0.2, -0.15) is 0 Å². The number of nitrogens with zero attached hydrogens (tertiary/aromatic N) is 2. The van der Waals surface area contributed by atoms with Gasteiger partial charge in [-0.15, -0.1) is 0 Å². The highest BCUT2D eigenvalue weighted by molar-refractivity contribution is 6.30. The summed E-state index contributed by atoms with van der Waals surface area (Å²) in [5.41, 5.74) is 1.27. The molecule has 0 saturated carbocycles. The number of piperidine rings is 1. The Morgan fingerprint density at radius 2 is 1.88 bits per heavy atom. The van der Waals surface area contributed by atoms with E-state index in [4.69, 9.17) is 21.1 Å². The lowest BCUT2D eigenvalue weighted by Crippen LogP contribution is -2.48. The summed E-state index contributed by atoms with van der Waals surface area (Å²) in [6, 6.07) is 12.2. The maximum atomic E-state index is 12.8. The van der Waals surface area contributed by atoms with Crippen molar-refractivity contribution in [3.05, 3.63) is 47.5 Å². The number of hydrogen-bond donors (Lipinski definition) is 1. The molecule has 0 bridgehead atoms. The van der Waals surface area contributed by atoms with Crippen molar-refractivity contribution in [1.82, 2.24) is 4.90 Å². The van der Waals surface area contributed by atoms with Gasteiger partial charge >= 0.3 is 0 Å². The lowest BCUT2D eigenvalue weighted by molar-refractivity contribution is -0.125. The van der Waals surface area contributed by atoms with Crippen LogP contribution in [-0.4, -0.2) is 55.6 Å². The number of ether oxygens (including phenoxy) is 2. The normalized spacial score (nSPS) is 18.6. The summed E-state index contributed by atoms with van der Waals surface area (Å²) < 4.78 is 11.3. The van der Waals surface area contributed by atoms with E-state index in [1.54, 1.807) is 54.3 Å². The van der Waals surface area contributed by atoms with E-state index in [1.807, 2.05) is 0 Å². The minimum absolute atomic E-state index is 0.0657. The molecule has 32 heavy (non-hydrogen) atoms. The molecule has 2 aromatic rings. The highest BCUT2D eigenvalue weighted by Crippen LogP contribution is 2.36. The molecule has 0 radical (unpaired) electrons. The molecule has 1 saturated heterocycles. The van der Waals surface area contributed by atoms with Crippen LogP contribution in [-0.2, 0) is 9.59 Å². The number of hydrogen-bond acceptors (Lipinski definition) is 5. The Kier molecular flexibility index (Phi) is 7.17. The largest absolute Gasteiger partial charge is 0.484 e. The number of fused-ring (bicyclic) bond motifs is 1. The molecule has 0 aliphatic carbocycles. The number of nitrogens with one attached hydrogen (secondary N) is 1. The smallest absolute Gasteiger partial charge is 0.267 e. The van der Waals surface area contributed by atoms with Crippen molar-refractivity contribution in [2.75, 3.05) is 43.0 Å². The SMILES string of the molecule is CC1Oc2ccc(NC(=O)COc3ccc(Cl)cc3)cc2N(CCN2CCCCC2)C1=O. The van der Waals surface area contributed by atoms with Crippen molar-refractivity contribution in [2.24, 2.45) is 0 Å². The molecule has 1 atom stereocenters. The number of carbonyl (C=O) groups is 2. The summed E-state index contributed by atoms with van der Waals surface area (Å²) in [6.07, 6.45) is 3.16. The predicted molar refractivity (Wildman–Crippen MR) is 125 cm³/mol. The van der Waals surface area contributed by atoms with Gasteiger partial charge in [-0.3, -0.25) is 9.59 Å². The first-order valence-corrected chi connectivity index (χ1v) is 11.4. The van der Waals surface area contributed by atoms with Crippen molar-refractivity contribution in [2.45, 2.75) is 32.3 Å². The third kappa shape index (κ3) is 5.53. The second-order valence-corrected chi connectivity index (χ2v) is 8.56. The number of benzene rings is 2. The fourth-order valence-corrected chi connectivity index (χ4v) is 4.14. The molecule has 170 valence electrons. The topological polar surface area (TPSA) is 71.1 Å². The first-order valence-electron chi connectivity index (χ1n) is 11.0. The van der Waals surface area contributed by atoms with E-state index < -0.39 is 6.10 Å². The predicted octanol–water partition coefficient (Wildman–Crippen LogP) is 3.96. The van der Waals surface area contributed by atoms with Gasteiger partial charge in [-0.1, -0.05) is 18.0 Å². The van der Waals surface area contributed by atoms with Gasteiger partial charge in [-0.25, -0.2) is 0 Å². The van der Waals surface area contributed by atoms with Crippen LogP contribution in [0.2, 0.25) is 5.02 Å². The van der Waals surface area contributed by atoms with Gasteiger partial charge in [0.25, 0.3) is 11.8 Å². The average molecular weight is 458 g/mol. The van der Waals surface area contributed by atoms with Crippen molar-refractivity contribution in [3.8, 4) is 11.5 Å². The van der Waals surface area contributed by atoms with Crippen LogP contribution in [0.15, 0.2) is 42.5 Å². The Balaban J connectivity index is 1.41. The molecule has 0 aromatic heterocycles. The van der Waals surface area contributed by atoms with Gasteiger partial charge < -0.3 is 24.6 Å². The summed E-state index contributed by atoms with van der Waals surface area (Å²) in [4.78, 5) is 29.4. The Morgan fingerprint density at radius 1 is 1.12 bits per heavy atom. The number of anilines is 2. The zero-order chi connectivity index (χ0) is 22.5. The fourth-order valence-electron chi connectivity index (χ4n) is 4.02. The molecule has 2 aliphatic heterocycles. The van der Waals surface area contributed by atoms with Crippen LogP contribution in [0.3, 0.4) is 0 Å². The zero-order valence-electron chi connectivity index (χ0n) is 18.2. The van der Waals surface area contributed by atoms with Gasteiger partial charge in [0.05, 0.1) is 5.69 Å². The van der Waals surface area contributed by atoms with Gasteiger partial charge in [0.15, 0.2) is 12.7 Å². The van der Waals surface area contributed by atoms with E-state index in [2.05, 4.69) is 10.2 Å². The molecule has 4 rings (SSSR count). The van der Waals surface area contributed by atoms with Crippen molar-refractivity contribution in [3.63, 3.8) is 0 Å². The Bertz CT molecular complexity index is 960. The monoisotopic (exact) mass is 457 g/mol. The number of rotatable bonds is 7. The van der Waals surface area contributed by atoms with Crippen LogP contribution in [0.25, 0.3) is 0 Å². The third-order valence-corrected chi connectivity index (χ3v) is 5.98. The van der Waals surface area contributed by atoms with Gasteiger partial charge in [-0.05, 0) is 75.3 Å². The molecule has 1 fully saturated rings. The molecule has 1 unspecified atom stereocenters. The molecule has 2 aromatic carbocycles. The van der Waals surface area contributed by atoms with Crippen LogP contribution >= 0.6 is 11.6 Å². The maximum Gasteiger partial charge on any atom is 0.267 e. The lowest BCUT2D eigenvalue weighted by Gasteiger charge is -2.35. The lowest BCUT2D eigenvalue weighted by atomic mass is 10.1. The first-order chi connectivity index (χ1) is 15.5. The number of carbonyl (C=O) groups excluding carboxylic acids is 2. The summed E-state index contributed by atoms with van der Waals surface area (Å²) in [7, 11) is 0. The standard InChI is InChI=1S/C24H28ClN3O4/c1-17-24(30)28(14-13-27-11-3-2-4-12-27)21-15-19(7-10-22(21)32-17)26-23(29)16-31-20-8-5-18(25)6-9-20/h5-10,15,17H,2-4,11-14,16H2,1H3,(H,26,29). The number of amides is 2. The second-order valence-electron chi connectivity index (χ2n) is 8.13. The van der Waals surface area contributed by atoms with Gasteiger partial charge in [0.1, 0.15) is 11.5 Å². The van der Waals surface area contributed by atoms with E-state index >= 15 is 0 Å². The van der Waals surface area contributed by atoms with Gasteiger partial charge in [0.2, 0.25) is 0 Å². The molecular weight excluding hydrogens is 430 g/mol. The maximum absolute atomic E-state index is 12.8. The van der Waals surface area contributed by atoms with Gasteiger partial charge in [0, 0.05) is 23.8 Å². The van der Waals surface area contributed by atoms with Crippen LogP contribution in [0.5, 0.6) is 11.5 Å². The Morgan fingerprint density at radius 3 is 2.62 bits per heavy atom. The number of likely N-dealkylation sites (tertiary alicyclic amines) is 1. The molecule has 7 nitrogen and oxygen atoms in total. The van der Waals surface area contributed by atoms with Crippen LogP contribution in [0.1, 0.15) is 26.2 Å². The molecule has 0 spiro atoms. The fraction of sp³-hybridized carbons (Fsp3) is 0.417. The highest BCUT2D eigenvalue weighted by Gasteiger charge is 2.32. The van der Waals surface area contributed by atoms with E-state index in [9.17, 15) is 9.59 Å². The summed E-state index contributed by atoms with van der Waals surface area (Å²) in [5.74, 6) is 0.846. The Hall–Kier alpha value is -2.77. The zero-order valence-corrected chi connectivity index (χ0v) is 18.9. The quantitative estimate of drug-likeness (QED) is 0.681. The second kappa shape index (κ2) is 10.2. The molecule has 8 heteroatoms. The number of halogens is 1. The highest BCUT2D eigenvalue weighted by atomic mass is 35.5. The van der Waals surface area contributed by atoms with E-state index in [1.165, 1.54) is 19.3 Å². The molecule has 2 heterocycles. The Labute approximate surface area is 193 Å². The third-order valence-electron chi connectivity index (χ3n) is 5.72. The van der Waals surface area contributed by atoms with Crippen molar-refractivity contribution < 1.29 is 19.1 Å². The van der Waals surface area contributed by atoms with Crippen LogP contribution in [0, 0.1) is 0 Å². The van der Waals surface area contributed by atoms with E-state index in [0.717, 1.165) is 19.6 Å². The summed E-state index contributed by atoms with van der Waals surface area (Å²) in [6.45, 7) is 5.20. The first kappa shape index (κ1) is 22.4. The minimum Gasteiger partial charge on any atom is -0.484 e. The van der Waals surface area contributed by atoms with E-state index in [-0.39, 0.29) is 18.4 Å². The molecule has 2 amide bonds.